The van der Waals surface area contributed by atoms with E-state index in [4.69, 9.17) is 0 Å². The molecule has 0 saturated heterocycles. The number of nitro benzene ring substituents is 1. The Labute approximate surface area is 189 Å². The van der Waals surface area contributed by atoms with Crippen molar-refractivity contribution in [2.45, 2.75) is 6.18 Å². The number of benzene rings is 2. The third-order valence-electron chi connectivity index (χ3n) is 5.73. The molecule has 0 atom stereocenters. The molecule has 0 N–H and O–H groups in total. The summed E-state index contributed by atoms with van der Waals surface area (Å²) in [5.41, 5.74) is 0.925. The summed E-state index contributed by atoms with van der Waals surface area (Å²) in [5, 5.41) is 10.9. The van der Waals surface area contributed by atoms with Crippen molar-refractivity contribution in [3.05, 3.63) is 100 Å². The van der Waals surface area contributed by atoms with Crippen LogP contribution >= 0.6 is 0 Å². The Morgan fingerprint density at radius 2 is 1.74 bits per heavy atom. The minimum Gasteiger partial charge on any atom is -0.334 e. The maximum atomic E-state index is 14.0. The minimum absolute atomic E-state index is 0.0447. The van der Waals surface area contributed by atoms with Crippen LogP contribution in [0.25, 0.3) is 27.7 Å². The second-order valence-corrected chi connectivity index (χ2v) is 7.77. The normalized spacial score (nSPS) is 11.9. The van der Waals surface area contributed by atoms with Gasteiger partial charge in [0.15, 0.2) is 0 Å². The van der Waals surface area contributed by atoms with E-state index >= 15 is 0 Å². The molecule has 0 bridgehead atoms. The van der Waals surface area contributed by atoms with Gasteiger partial charge in [-0.05, 0) is 48.0 Å². The number of non-ortho nitro benzene ring substituents is 1. The lowest BCUT2D eigenvalue weighted by atomic mass is 9.98. The molecule has 5 aromatic rings. The molecule has 3 aromatic heterocycles. The number of ketones is 1. The molecule has 0 unspecified atom stereocenters. The highest BCUT2D eigenvalue weighted by molar-refractivity contribution is 6.09. The van der Waals surface area contributed by atoms with Crippen LogP contribution in [0.5, 0.6) is 0 Å². The summed E-state index contributed by atoms with van der Waals surface area (Å²) in [6.45, 7) is 0. The van der Waals surface area contributed by atoms with Crippen LogP contribution in [0.15, 0.2) is 73.2 Å². The van der Waals surface area contributed by atoms with Crippen LogP contribution in [0.3, 0.4) is 0 Å². The molecule has 0 aliphatic heterocycles. The van der Waals surface area contributed by atoms with Gasteiger partial charge in [-0.3, -0.25) is 14.9 Å². The number of aryl methyl sites for hydroxylation is 1. The largest absolute Gasteiger partial charge is 0.417 e. The zero-order valence-corrected chi connectivity index (χ0v) is 17.6. The zero-order valence-electron chi connectivity index (χ0n) is 17.6. The number of imidazole rings is 1. The first-order valence-corrected chi connectivity index (χ1v) is 10.1. The number of alkyl halides is 3. The first-order valence-electron chi connectivity index (χ1n) is 10.1. The molecule has 0 aliphatic rings. The number of hydrogen-bond donors (Lipinski definition) is 0. The van der Waals surface area contributed by atoms with Gasteiger partial charge in [-0.1, -0.05) is 6.07 Å². The molecule has 0 spiro atoms. The Morgan fingerprint density at radius 1 is 1.00 bits per heavy atom. The third kappa shape index (κ3) is 3.40. The zero-order chi connectivity index (χ0) is 24.2. The van der Waals surface area contributed by atoms with Gasteiger partial charge in [0.05, 0.1) is 39.1 Å². The van der Waals surface area contributed by atoms with E-state index in [1.54, 1.807) is 31.4 Å². The number of nitro groups is 1. The molecule has 0 fully saturated rings. The highest BCUT2D eigenvalue weighted by atomic mass is 19.4. The average Bonchev–Trinajstić information content (AvgIpc) is 3.40. The number of pyridine rings is 1. The smallest absolute Gasteiger partial charge is 0.334 e. The number of aromatic nitrogens is 3. The molecule has 3 heterocycles. The van der Waals surface area contributed by atoms with Crippen molar-refractivity contribution in [1.82, 2.24) is 14.0 Å². The van der Waals surface area contributed by atoms with Crippen LogP contribution in [-0.2, 0) is 13.2 Å². The van der Waals surface area contributed by atoms with Crippen molar-refractivity contribution in [1.29, 1.82) is 0 Å². The van der Waals surface area contributed by atoms with E-state index in [-0.39, 0.29) is 22.5 Å². The Bertz CT molecular complexity index is 1600. The number of carbonyl (C=O) groups is 1. The quantitative estimate of drug-likeness (QED) is 0.196. The number of rotatable bonds is 4. The van der Waals surface area contributed by atoms with E-state index in [1.165, 1.54) is 51.7 Å². The van der Waals surface area contributed by atoms with E-state index in [0.29, 0.717) is 22.1 Å². The highest BCUT2D eigenvalue weighted by Gasteiger charge is 2.35. The predicted molar refractivity (Wildman–Crippen MR) is 119 cm³/mol. The monoisotopic (exact) mass is 464 g/mol. The Morgan fingerprint density at radius 3 is 2.41 bits per heavy atom. The number of fused-ring (bicyclic) bond motifs is 2. The topological polar surface area (TPSA) is 82.4 Å². The van der Waals surface area contributed by atoms with E-state index in [9.17, 15) is 28.1 Å². The molecule has 5 rings (SSSR count). The SMILES string of the molecule is Cn1cnc2cc(-c3cccn4c(C(=O)c5ccc([N+](=O)[O-])cc5)ccc34)c(C(F)(F)F)cc21. The maximum Gasteiger partial charge on any atom is 0.417 e. The van der Waals surface area contributed by atoms with Crippen molar-refractivity contribution in [3.63, 3.8) is 0 Å². The van der Waals surface area contributed by atoms with Gasteiger partial charge >= 0.3 is 6.18 Å². The minimum atomic E-state index is -4.61. The van der Waals surface area contributed by atoms with E-state index in [1.807, 2.05) is 0 Å². The lowest BCUT2D eigenvalue weighted by Gasteiger charge is -2.15. The number of nitrogens with zero attached hydrogens (tertiary/aromatic N) is 4. The van der Waals surface area contributed by atoms with Gasteiger partial charge in [-0.15, -0.1) is 0 Å². The van der Waals surface area contributed by atoms with Gasteiger partial charge < -0.3 is 8.97 Å². The molecular formula is C24H15F3N4O3. The van der Waals surface area contributed by atoms with Crippen LogP contribution < -0.4 is 0 Å². The van der Waals surface area contributed by atoms with Gasteiger partial charge in [0, 0.05) is 36.5 Å². The van der Waals surface area contributed by atoms with Gasteiger partial charge in [-0.25, -0.2) is 4.98 Å². The second-order valence-electron chi connectivity index (χ2n) is 7.77. The van der Waals surface area contributed by atoms with Crippen molar-refractivity contribution >= 4 is 28.0 Å². The Kier molecular flexibility index (Phi) is 4.75. The van der Waals surface area contributed by atoms with Gasteiger partial charge in [0.1, 0.15) is 0 Å². The molecular weight excluding hydrogens is 449 g/mol. The van der Waals surface area contributed by atoms with Crippen molar-refractivity contribution in [3.8, 4) is 11.1 Å². The lowest BCUT2D eigenvalue weighted by molar-refractivity contribution is -0.384. The Hall–Kier alpha value is -4.47. The van der Waals surface area contributed by atoms with Crippen LogP contribution in [0.4, 0.5) is 18.9 Å². The number of hydrogen-bond acceptors (Lipinski definition) is 4. The molecule has 34 heavy (non-hydrogen) atoms. The molecule has 2 aromatic carbocycles. The summed E-state index contributed by atoms with van der Waals surface area (Å²) < 4.78 is 45.1. The summed E-state index contributed by atoms with van der Waals surface area (Å²) >= 11 is 0. The summed E-state index contributed by atoms with van der Waals surface area (Å²) in [5.74, 6) is -0.414. The molecule has 0 saturated carbocycles. The van der Waals surface area contributed by atoms with E-state index in [0.717, 1.165) is 6.07 Å². The molecule has 0 radical (unpaired) electrons. The summed E-state index contributed by atoms with van der Waals surface area (Å²) in [4.78, 5) is 27.6. The van der Waals surface area contributed by atoms with Crippen LogP contribution in [0.1, 0.15) is 21.6 Å². The first-order chi connectivity index (χ1) is 16.1. The van der Waals surface area contributed by atoms with E-state index < -0.39 is 22.4 Å². The van der Waals surface area contributed by atoms with Crippen LogP contribution in [0, 0.1) is 10.1 Å². The predicted octanol–water partition coefficient (Wildman–Crippen LogP) is 5.65. The molecule has 0 aliphatic carbocycles. The van der Waals surface area contributed by atoms with Crippen molar-refractivity contribution in [2.24, 2.45) is 7.05 Å². The maximum absolute atomic E-state index is 14.0. The molecule has 7 nitrogen and oxygen atoms in total. The molecule has 10 heteroatoms. The third-order valence-corrected chi connectivity index (χ3v) is 5.73. The average molecular weight is 464 g/mol. The lowest BCUT2D eigenvalue weighted by Crippen LogP contribution is -2.09. The standard InChI is InChI=1S/C24H15F3N4O3/c1-29-13-28-19-11-17(18(12-22(19)29)24(25,26)27)16-3-2-10-30-20(16)8-9-21(30)23(32)14-4-6-15(7-5-14)31(33)34/h2-13H,1H3. The fourth-order valence-electron chi connectivity index (χ4n) is 4.07. The molecule has 0 amide bonds. The summed E-state index contributed by atoms with van der Waals surface area (Å²) in [6.07, 6.45) is -1.57. The first kappa shape index (κ1) is 21.4. The summed E-state index contributed by atoms with van der Waals surface area (Å²) in [7, 11) is 1.62. The fraction of sp³-hybridized carbons (Fsp3) is 0.0833. The van der Waals surface area contributed by atoms with Gasteiger partial charge in [-0.2, -0.15) is 13.2 Å². The van der Waals surface area contributed by atoms with Crippen molar-refractivity contribution in [2.75, 3.05) is 0 Å². The summed E-state index contributed by atoms with van der Waals surface area (Å²) in [6, 6.07) is 13.9. The second kappa shape index (κ2) is 7.55. The van der Waals surface area contributed by atoms with Gasteiger partial charge in [0.25, 0.3) is 5.69 Å². The van der Waals surface area contributed by atoms with Gasteiger partial charge in [0.2, 0.25) is 5.78 Å². The number of carbonyl (C=O) groups excluding carboxylic acids is 1. The highest BCUT2D eigenvalue weighted by Crippen LogP contribution is 2.40. The van der Waals surface area contributed by atoms with Crippen molar-refractivity contribution < 1.29 is 22.9 Å². The molecule has 170 valence electrons. The fourth-order valence-corrected chi connectivity index (χ4v) is 4.07. The van der Waals surface area contributed by atoms with Crippen LogP contribution in [0.2, 0.25) is 0 Å². The Balaban J connectivity index is 1.67. The van der Waals surface area contributed by atoms with E-state index in [2.05, 4.69) is 4.98 Å². The number of halogens is 3. The van der Waals surface area contributed by atoms with Crippen LogP contribution in [-0.4, -0.2) is 24.7 Å².